The fraction of sp³-hybridized carbons (Fsp3) is 0.533. The first-order valence-corrected chi connectivity index (χ1v) is 6.75. The summed E-state index contributed by atoms with van der Waals surface area (Å²) >= 11 is 0. The Morgan fingerprint density at radius 3 is 2.56 bits per heavy atom. The van der Waals surface area contributed by atoms with Gasteiger partial charge in [-0.1, -0.05) is 12.1 Å². The highest BCUT2D eigenvalue weighted by atomic mass is 15.1. The second-order valence-corrected chi connectivity index (χ2v) is 4.96. The number of nitrogens with one attached hydrogen (secondary N) is 1. The zero-order valence-electron chi connectivity index (χ0n) is 11.0. The molecule has 3 nitrogen and oxygen atoms in total. The van der Waals surface area contributed by atoms with Gasteiger partial charge in [-0.15, -0.1) is 0 Å². The van der Waals surface area contributed by atoms with Crippen molar-refractivity contribution in [1.29, 1.82) is 5.26 Å². The Kier molecular flexibility index (Phi) is 4.74. The number of hydrogen-bond donors (Lipinski definition) is 1. The molecular weight excluding hydrogens is 222 g/mol. The Morgan fingerprint density at radius 2 is 1.94 bits per heavy atom. The monoisotopic (exact) mass is 243 g/mol. The molecule has 2 rings (SSSR count). The van der Waals surface area contributed by atoms with Gasteiger partial charge in [0.15, 0.2) is 0 Å². The Bertz CT molecular complexity index is 399. The van der Waals surface area contributed by atoms with Gasteiger partial charge in [-0.2, -0.15) is 5.26 Å². The molecule has 1 aliphatic rings. The molecule has 1 aromatic rings. The predicted octanol–water partition coefficient (Wildman–Crippen LogP) is 2.30. The zero-order valence-corrected chi connectivity index (χ0v) is 11.0. The van der Waals surface area contributed by atoms with Crippen molar-refractivity contribution >= 4 is 0 Å². The van der Waals surface area contributed by atoms with Crippen LogP contribution in [0.4, 0.5) is 0 Å². The topological polar surface area (TPSA) is 39.1 Å². The molecule has 1 aromatic carbocycles. The largest absolute Gasteiger partial charge is 0.309 e. The molecule has 1 N–H and O–H groups in total. The maximum atomic E-state index is 8.76. The molecule has 0 aromatic heterocycles. The average Bonchev–Trinajstić information content (AvgIpc) is 2.92. The molecule has 1 fully saturated rings. The first-order valence-electron chi connectivity index (χ1n) is 6.75. The van der Waals surface area contributed by atoms with Crippen molar-refractivity contribution in [1.82, 2.24) is 10.2 Å². The van der Waals surface area contributed by atoms with E-state index in [-0.39, 0.29) is 0 Å². The highest BCUT2D eigenvalue weighted by molar-refractivity contribution is 5.32. The van der Waals surface area contributed by atoms with Crippen molar-refractivity contribution in [3.63, 3.8) is 0 Å². The van der Waals surface area contributed by atoms with Crippen molar-refractivity contribution in [2.75, 3.05) is 26.2 Å². The van der Waals surface area contributed by atoms with Crippen molar-refractivity contribution in [2.45, 2.75) is 25.8 Å². The van der Waals surface area contributed by atoms with Crippen LogP contribution >= 0.6 is 0 Å². The summed E-state index contributed by atoms with van der Waals surface area (Å²) in [5, 5.41) is 12.3. The van der Waals surface area contributed by atoms with Crippen LogP contribution in [0.1, 0.15) is 36.9 Å². The fourth-order valence-corrected chi connectivity index (χ4v) is 2.41. The van der Waals surface area contributed by atoms with E-state index in [0.29, 0.717) is 6.04 Å². The molecule has 1 saturated heterocycles. The first kappa shape index (κ1) is 13.1. The zero-order chi connectivity index (χ0) is 12.8. The molecule has 96 valence electrons. The number of likely N-dealkylation sites (tertiary alicyclic amines) is 1. The third kappa shape index (κ3) is 3.56. The van der Waals surface area contributed by atoms with Crippen LogP contribution in [-0.4, -0.2) is 31.1 Å². The third-order valence-corrected chi connectivity index (χ3v) is 3.62. The molecule has 0 spiro atoms. The SMILES string of the molecule is CC(NCCN1CCCC1)c1ccc(C#N)cc1. The van der Waals surface area contributed by atoms with Gasteiger partial charge in [0.2, 0.25) is 0 Å². The molecule has 0 aliphatic carbocycles. The molecule has 0 amide bonds. The summed E-state index contributed by atoms with van der Waals surface area (Å²) in [6.45, 7) is 6.85. The molecule has 3 heteroatoms. The smallest absolute Gasteiger partial charge is 0.0991 e. The van der Waals surface area contributed by atoms with E-state index in [1.54, 1.807) is 0 Å². The summed E-state index contributed by atoms with van der Waals surface area (Å²) in [4.78, 5) is 2.51. The van der Waals surface area contributed by atoms with Crippen LogP contribution in [0.3, 0.4) is 0 Å². The Hall–Kier alpha value is -1.37. The van der Waals surface area contributed by atoms with Gasteiger partial charge >= 0.3 is 0 Å². The summed E-state index contributed by atoms with van der Waals surface area (Å²) in [6.07, 6.45) is 2.70. The second kappa shape index (κ2) is 6.53. The highest BCUT2D eigenvalue weighted by Gasteiger charge is 2.11. The maximum Gasteiger partial charge on any atom is 0.0991 e. The van der Waals surface area contributed by atoms with Crippen molar-refractivity contribution in [2.24, 2.45) is 0 Å². The van der Waals surface area contributed by atoms with Gasteiger partial charge in [-0.05, 0) is 50.6 Å². The number of hydrogen-bond acceptors (Lipinski definition) is 3. The van der Waals surface area contributed by atoms with E-state index in [1.165, 1.54) is 31.5 Å². The van der Waals surface area contributed by atoms with Crippen LogP contribution in [0.15, 0.2) is 24.3 Å². The van der Waals surface area contributed by atoms with Crippen LogP contribution in [0.5, 0.6) is 0 Å². The minimum atomic E-state index is 0.348. The summed E-state index contributed by atoms with van der Waals surface area (Å²) in [5.74, 6) is 0. The predicted molar refractivity (Wildman–Crippen MR) is 73.2 cm³/mol. The quantitative estimate of drug-likeness (QED) is 0.862. The lowest BCUT2D eigenvalue weighted by atomic mass is 10.1. The van der Waals surface area contributed by atoms with Crippen LogP contribution in [-0.2, 0) is 0 Å². The highest BCUT2D eigenvalue weighted by Crippen LogP contribution is 2.13. The van der Waals surface area contributed by atoms with E-state index in [9.17, 15) is 0 Å². The van der Waals surface area contributed by atoms with Crippen molar-refractivity contribution < 1.29 is 0 Å². The fourth-order valence-electron chi connectivity index (χ4n) is 2.41. The molecule has 18 heavy (non-hydrogen) atoms. The molecule has 0 saturated carbocycles. The van der Waals surface area contributed by atoms with Crippen LogP contribution in [0, 0.1) is 11.3 Å². The van der Waals surface area contributed by atoms with Crippen LogP contribution in [0.25, 0.3) is 0 Å². The normalized spacial score (nSPS) is 17.6. The van der Waals surface area contributed by atoms with Crippen molar-refractivity contribution in [3.05, 3.63) is 35.4 Å². The molecule has 1 heterocycles. The number of nitriles is 1. The van der Waals surface area contributed by atoms with Gasteiger partial charge in [-0.25, -0.2) is 0 Å². The average molecular weight is 243 g/mol. The standard InChI is InChI=1S/C15H21N3/c1-13(15-6-4-14(12-16)5-7-15)17-8-11-18-9-2-3-10-18/h4-7,13,17H,2-3,8-11H2,1H3. The van der Waals surface area contributed by atoms with E-state index in [4.69, 9.17) is 5.26 Å². The maximum absolute atomic E-state index is 8.76. The Morgan fingerprint density at radius 1 is 1.28 bits per heavy atom. The van der Waals surface area contributed by atoms with Gasteiger partial charge in [0.25, 0.3) is 0 Å². The number of rotatable bonds is 5. The van der Waals surface area contributed by atoms with E-state index in [2.05, 4.69) is 23.2 Å². The molecule has 0 radical (unpaired) electrons. The molecule has 0 bridgehead atoms. The van der Waals surface area contributed by atoms with E-state index < -0.39 is 0 Å². The minimum Gasteiger partial charge on any atom is -0.309 e. The lowest BCUT2D eigenvalue weighted by molar-refractivity contribution is 0.330. The minimum absolute atomic E-state index is 0.348. The van der Waals surface area contributed by atoms with E-state index in [0.717, 1.165) is 18.7 Å². The molecule has 1 atom stereocenters. The van der Waals surface area contributed by atoms with Gasteiger partial charge in [-0.3, -0.25) is 0 Å². The van der Waals surface area contributed by atoms with Gasteiger partial charge in [0, 0.05) is 19.1 Å². The lowest BCUT2D eigenvalue weighted by Gasteiger charge is -2.18. The summed E-state index contributed by atoms with van der Waals surface area (Å²) in [5.41, 5.74) is 1.97. The summed E-state index contributed by atoms with van der Waals surface area (Å²) < 4.78 is 0. The Labute approximate surface area is 109 Å². The summed E-state index contributed by atoms with van der Waals surface area (Å²) in [6, 6.07) is 10.3. The van der Waals surface area contributed by atoms with Crippen LogP contribution in [0.2, 0.25) is 0 Å². The van der Waals surface area contributed by atoms with Gasteiger partial charge in [0.05, 0.1) is 11.6 Å². The van der Waals surface area contributed by atoms with Gasteiger partial charge in [0.1, 0.15) is 0 Å². The van der Waals surface area contributed by atoms with E-state index >= 15 is 0 Å². The first-order chi connectivity index (χ1) is 8.79. The number of benzene rings is 1. The van der Waals surface area contributed by atoms with Crippen molar-refractivity contribution in [3.8, 4) is 6.07 Å². The van der Waals surface area contributed by atoms with Crippen LogP contribution < -0.4 is 5.32 Å². The lowest BCUT2D eigenvalue weighted by Crippen LogP contribution is -2.31. The molecule has 1 aliphatic heterocycles. The second-order valence-electron chi connectivity index (χ2n) is 4.96. The molecular formula is C15H21N3. The Balaban J connectivity index is 1.76. The molecule has 1 unspecified atom stereocenters. The summed E-state index contributed by atoms with van der Waals surface area (Å²) in [7, 11) is 0. The number of nitrogens with zero attached hydrogens (tertiary/aromatic N) is 2. The van der Waals surface area contributed by atoms with E-state index in [1.807, 2.05) is 24.3 Å². The third-order valence-electron chi connectivity index (χ3n) is 3.62. The van der Waals surface area contributed by atoms with Gasteiger partial charge < -0.3 is 10.2 Å².